The molecule has 15 heavy (non-hydrogen) atoms. The summed E-state index contributed by atoms with van der Waals surface area (Å²) in [5.74, 6) is 0.830. The summed E-state index contributed by atoms with van der Waals surface area (Å²) in [6.45, 7) is 2.62. The van der Waals surface area contributed by atoms with Gasteiger partial charge in [-0.15, -0.1) is 0 Å². The highest BCUT2D eigenvalue weighted by Crippen LogP contribution is 2.00. The van der Waals surface area contributed by atoms with Crippen LogP contribution in [0.4, 0.5) is 0 Å². The molecule has 0 aliphatic heterocycles. The van der Waals surface area contributed by atoms with Crippen molar-refractivity contribution in [3.8, 4) is 0 Å². The molecular weight excluding hydrogens is 194 g/mol. The first-order chi connectivity index (χ1) is 7.27. The molecule has 0 aromatic carbocycles. The van der Waals surface area contributed by atoms with E-state index in [2.05, 4.69) is 17.2 Å². The molecule has 0 spiro atoms. The smallest absolute Gasteiger partial charge is 0.240 e. The highest BCUT2D eigenvalue weighted by atomic mass is 16.3. The third-order valence-electron chi connectivity index (χ3n) is 2.02. The Balaban J connectivity index is 2.48. The zero-order valence-corrected chi connectivity index (χ0v) is 8.94. The molecule has 0 saturated carbocycles. The summed E-state index contributed by atoms with van der Waals surface area (Å²) in [7, 11) is 0. The summed E-state index contributed by atoms with van der Waals surface area (Å²) in [5.41, 5.74) is 0. The number of carbonyl (C=O) groups excluding carboxylic acids is 1. The second-order valence-corrected chi connectivity index (χ2v) is 3.29. The van der Waals surface area contributed by atoms with Crippen LogP contribution >= 0.6 is 0 Å². The molecule has 0 aliphatic carbocycles. The number of carbonyl (C=O) groups is 1. The van der Waals surface area contributed by atoms with Crippen molar-refractivity contribution < 1.29 is 9.90 Å². The first-order valence-corrected chi connectivity index (χ1v) is 5.15. The van der Waals surface area contributed by atoms with Crippen LogP contribution in [0.2, 0.25) is 0 Å². The molecule has 5 nitrogen and oxygen atoms in total. The minimum absolute atomic E-state index is 0.0303. The standard InChI is InChI=1S/C10H17N3O2/c1-2-3-9-11-4-6-13(9)8-10(15)12-5-7-14/h4,6,14H,2-3,5,7-8H2,1H3,(H,12,15). The Kier molecular flexibility index (Phi) is 4.83. The lowest BCUT2D eigenvalue weighted by atomic mass is 10.3. The number of imidazole rings is 1. The molecule has 1 amide bonds. The highest BCUT2D eigenvalue weighted by molar-refractivity contribution is 5.75. The van der Waals surface area contributed by atoms with Crippen LogP contribution in [0, 0.1) is 0 Å². The normalized spacial score (nSPS) is 10.3. The number of aliphatic hydroxyl groups excluding tert-OH is 1. The van der Waals surface area contributed by atoms with Gasteiger partial charge in [-0.05, 0) is 6.42 Å². The fourth-order valence-corrected chi connectivity index (χ4v) is 1.34. The Labute approximate surface area is 89.1 Å². The highest BCUT2D eigenvalue weighted by Gasteiger charge is 2.05. The third kappa shape index (κ3) is 3.71. The quantitative estimate of drug-likeness (QED) is 0.693. The molecule has 1 aromatic heterocycles. The fourth-order valence-electron chi connectivity index (χ4n) is 1.34. The summed E-state index contributed by atoms with van der Waals surface area (Å²) in [4.78, 5) is 15.5. The average Bonchev–Trinajstić information content (AvgIpc) is 2.63. The van der Waals surface area contributed by atoms with E-state index in [9.17, 15) is 4.79 Å². The van der Waals surface area contributed by atoms with Gasteiger partial charge in [0.1, 0.15) is 12.4 Å². The van der Waals surface area contributed by atoms with Gasteiger partial charge in [0, 0.05) is 25.4 Å². The first kappa shape index (κ1) is 11.7. The number of amides is 1. The SMILES string of the molecule is CCCc1nccn1CC(=O)NCCO. The van der Waals surface area contributed by atoms with E-state index in [4.69, 9.17) is 5.11 Å². The van der Waals surface area contributed by atoms with Gasteiger partial charge in [0.15, 0.2) is 0 Å². The number of nitrogens with zero attached hydrogens (tertiary/aromatic N) is 2. The molecule has 0 radical (unpaired) electrons. The van der Waals surface area contributed by atoms with Crippen molar-refractivity contribution in [2.45, 2.75) is 26.3 Å². The lowest BCUT2D eigenvalue weighted by Crippen LogP contribution is -2.30. The largest absolute Gasteiger partial charge is 0.395 e. The minimum Gasteiger partial charge on any atom is -0.395 e. The van der Waals surface area contributed by atoms with Gasteiger partial charge in [-0.2, -0.15) is 0 Å². The second-order valence-electron chi connectivity index (χ2n) is 3.29. The van der Waals surface area contributed by atoms with Crippen molar-refractivity contribution in [2.24, 2.45) is 0 Å². The number of hydrogen-bond acceptors (Lipinski definition) is 3. The van der Waals surface area contributed by atoms with Gasteiger partial charge in [0.25, 0.3) is 0 Å². The lowest BCUT2D eigenvalue weighted by Gasteiger charge is -2.07. The molecule has 0 aliphatic rings. The van der Waals surface area contributed by atoms with Crippen LogP contribution in [0.3, 0.4) is 0 Å². The number of rotatable bonds is 6. The van der Waals surface area contributed by atoms with E-state index < -0.39 is 0 Å². The van der Waals surface area contributed by atoms with Crippen molar-refractivity contribution >= 4 is 5.91 Å². The van der Waals surface area contributed by atoms with Gasteiger partial charge >= 0.3 is 0 Å². The fraction of sp³-hybridized carbons (Fsp3) is 0.600. The predicted octanol–water partition coefficient (Wildman–Crippen LogP) is -0.0559. The molecule has 1 heterocycles. The second kappa shape index (κ2) is 6.19. The Bertz CT molecular complexity index is 309. The zero-order valence-electron chi connectivity index (χ0n) is 8.94. The predicted molar refractivity (Wildman–Crippen MR) is 56.3 cm³/mol. The number of aryl methyl sites for hydroxylation is 1. The Morgan fingerprint density at radius 3 is 3.13 bits per heavy atom. The van der Waals surface area contributed by atoms with Crippen molar-refractivity contribution in [3.63, 3.8) is 0 Å². The molecule has 5 heteroatoms. The van der Waals surface area contributed by atoms with Gasteiger partial charge < -0.3 is 15.0 Å². The van der Waals surface area contributed by atoms with Crippen LogP contribution in [0.5, 0.6) is 0 Å². The van der Waals surface area contributed by atoms with Crippen LogP contribution in [-0.2, 0) is 17.8 Å². The number of hydrogen-bond donors (Lipinski definition) is 2. The Morgan fingerprint density at radius 2 is 2.47 bits per heavy atom. The minimum atomic E-state index is -0.0978. The zero-order chi connectivity index (χ0) is 11.1. The molecule has 1 aromatic rings. The van der Waals surface area contributed by atoms with Crippen LogP contribution in [0.1, 0.15) is 19.2 Å². The van der Waals surface area contributed by atoms with Crippen molar-refractivity contribution in [1.82, 2.24) is 14.9 Å². The first-order valence-electron chi connectivity index (χ1n) is 5.15. The summed E-state index contributed by atoms with van der Waals surface area (Å²) >= 11 is 0. The molecule has 84 valence electrons. The van der Waals surface area contributed by atoms with Gasteiger partial charge in [0.05, 0.1) is 6.61 Å². The van der Waals surface area contributed by atoms with E-state index in [1.165, 1.54) is 0 Å². The van der Waals surface area contributed by atoms with E-state index >= 15 is 0 Å². The molecular formula is C10H17N3O2. The van der Waals surface area contributed by atoms with Crippen LogP contribution < -0.4 is 5.32 Å². The summed E-state index contributed by atoms with van der Waals surface area (Å²) < 4.78 is 1.83. The molecule has 0 bridgehead atoms. The van der Waals surface area contributed by atoms with Gasteiger partial charge in [0.2, 0.25) is 5.91 Å². The van der Waals surface area contributed by atoms with E-state index in [-0.39, 0.29) is 19.1 Å². The Hall–Kier alpha value is -1.36. The van der Waals surface area contributed by atoms with Crippen molar-refractivity contribution in [1.29, 1.82) is 0 Å². The number of aromatic nitrogens is 2. The number of aliphatic hydroxyl groups is 1. The lowest BCUT2D eigenvalue weighted by molar-refractivity contribution is -0.121. The molecule has 2 N–H and O–H groups in total. The van der Waals surface area contributed by atoms with Gasteiger partial charge in [-0.1, -0.05) is 6.92 Å². The van der Waals surface area contributed by atoms with Gasteiger partial charge in [-0.3, -0.25) is 4.79 Å². The average molecular weight is 211 g/mol. The maximum absolute atomic E-state index is 11.4. The van der Waals surface area contributed by atoms with E-state index in [1.54, 1.807) is 12.4 Å². The van der Waals surface area contributed by atoms with Crippen LogP contribution in [0.25, 0.3) is 0 Å². The molecule has 0 saturated heterocycles. The van der Waals surface area contributed by atoms with Crippen LogP contribution in [-0.4, -0.2) is 33.7 Å². The molecule has 0 atom stereocenters. The van der Waals surface area contributed by atoms with Crippen molar-refractivity contribution in [2.75, 3.05) is 13.2 Å². The maximum Gasteiger partial charge on any atom is 0.240 e. The summed E-state index contributed by atoms with van der Waals surface area (Å²) in [5, 5.41) is 11.1. The Morgan fingerprint density at radius 1 is 1.67 bits per heavy atom. The molecule has 0 fully saturated rings. The third-order valence-corrected chi connectivity index (χ3v) is 2.02. The monoisotopic (exact) mass is 211 g/mol. The molecule has 0 unspecified atom stereocenters. The van der Waals surface area contributed by atoms with Crippen LogP contribution in [0.15, 0.2) is 12.4 Å². The van der Waals surface area contributed by atoms with E-state index in [0.29, 0.717) is 6.54 Å². The molecule has 1 rings (SSSR count). The summed E-state index contributed by atoms with van der Waals surface area (Å²) in [6.07, 6.45) is 5.38. The number of nitrogens with one attached hydrogen (secondary N) is 1. The van der Waals surface area contributed by atoms with Crippen molar-refractivity contribution in [3.05, 3.63) is 18.2 Å². The summed E-state index contributed by atoms with van der Waals surface area (Å²) in [6, 6.07) is 0. The van der Waals surface area contributed by atoms with E-state index in [0.717, 1.165) is 18.7 Å². The van der Waals surface area contributed by atoms with Gasteiger partial charge in [-0.25, -0.2) is 4.98 Å². The topological polar surface area (TPSA) is 67.2 Å². The maximum atomic E-state index is 11.4. The van der Waals surface area contributed by atoms with E-state index in [1.807, 2.05) is 4.57 Å².